The van der Waals surface area contributed by atoms with Crippen molar-refractivity contribution in [3.8, 4) is 5.69 Å². The van der Waals surface area contributed by atoms with Crippen LogP contribution in [-0.2, 0) is 12.8 Å². The van der Waals surface area contributed by atoms with Gasteiger partial charge in [0.15, 0.2) is 5.69 Å². The number of carbonyl (C=O) groups excluding carboxylic acids is 1. The van der Waals surface area contributed by atoms with Crippen molar-refractivity contribution in [2.75, 3.05) is 19.6 Å². The van der Waals surface area contributed by atoms with E-state index in [1.807, 2.05) is 0 Å². The van der Waals surface area contributed by atoms with Gasteiger partial charge in [-0.05, 0) is 44.4 Å². The molecule has 24 heavy (non-hydrogen) atoms. The van der Waals surface area contributed by atoms with Gasteiger partial charge in [-0.25, -0.2) is 9.07 Å². The van der Waals surface area contributed by atoms with Crippen LogP contribution in [0.3, 0.4) is 0 Å². The van der Waals surface area contributed by atoms with Crippen molar-refractivity contribution < 1.29 is 9.18 Å². The monoisotopic (exact) mass is 330 g/mol. The molecular weight excluding hydrogens is 307 g/mol. The van der Waals surface area contributed by atoms with Crippen LogP contribution < -0.4 is 10.6 Å². The molecule has 6 heteroatoms. The van der Waals surface area contributed by atoms with Crippen LogP contribution in [0.2, 0.25) is 0 Å². The molecule has 1 aromatic heterocycles. The summed E-state index contributed by atoms with van der Waals surface area (Å²) >= 11 is 0. The summed E-state index contributed by atoms with van der Waals surface area (Å²) in [5.74, 6) is -0.507. The molecule has 0 atom stereocenters. The summed E-state index contributed by atoms with van der Waals surface area (Å²) in [5, 5.41) is 10.6. The number of rotatable bonds is 7. The van der Waals surface area contributed by atoms with E-state index in [2.05, 4.69) is 22.7 Å². The third-order valence-electron chi connectivity index (χ3n) is 4.24. The first-order valence-electron chi connectivity index (χ1n) is 8.57. The van der Waals surface area contributed by atoms with Crippen LogP contribution in [0.15, 0.2) is 24.3 Å². The van der Waals surface area contributed by atoms with Crippen molar-refractivity contribution in [1.82, 2.24) is 20.4 Å². The van der Waals surface area contributed by atoms with Gasteiger partial charge >= 0.3 is 0 Å². The molecule has 128 valence electrons. The van der Waals surface area contributed by atoms with Gasteiger partial charge in [-0.2, -0.15) is 5.10 Å². The predicted molar refractivity (Wildman–Crippen MR) is 91.0 cm³/mol. The molecule has 1 aromatic carbocycles. The molecule has 0 bridgehead atoms. The van der Waals surface area contributed by atoms with Gasteiger partial charge in [0.2, 0.25) is 0 Å². The zero-order valence-corrected chi connectivity index (χ0v) is 13.9. The topological polar surface area (TPSA) is 58.9 Å². The Balaban J connectivity index is 1.79. The molecule has 0 saturated heterocycles. The summed E-state index contributed by atoms with van der Waals surface area (Å²) in [6.07, 6.45) is 3.68. The highest BCUT2D eigenvalue weighted by atomic mass is 19.1. The van der Waals surface area contributed by atoms with Crippen molar-refractivity contribution in [2.24, 2.45) is 0 Å². The lowest BCUT2D eigenvalue weighted by Crippen LogP contribution is -2.32. The van der Waals surface area contributed by atoms with Gasteiger partial charge < -0.3 is 10.6 Å². The second-order valence-electron chi connectivity index (χ2n) is 6.00. The highest BCUT2D eigenvalue weighted by molar-refractivity contribution is 5.94. The maximum atomic E-state index is 14.1. The number of aromatic nitrogens is 2. The van der Waals surface area contributed by atoms with E-state index in [-0.39, 0.29) is 11.7 Å². The number of para-hydroxylation sites is 1. The second-order valence-corrected chi connectivity index (χ2v) is 6.00. The molecule has 1 amide bonds. The number of halogens is 1. The highest BCUT2D eigenvalue weighted by Gasteiger charge is 2.27. The summed E-state index contributed by atoms with van der Waals surface area (Å²) in [7, 11) is 0. The normalized spacial score (nSPS) is 13.1. The molecule has 3 rings (SSSR count). The summed E-state index contributed by atoms with van der Waals surface area (Å²) in [4.78, 5) is 12.5. The Kier molecular flexibility index (Phi) is 5.25. The SMILES string of the molecule is CCCNCCNC(=O)c1nn(-c2ccccc2F)c2c1CCC2. The lowest BCUT2D eigenvalue weighted by atomic mass is 10.2. The van der Waals surface area contributed by atoms with Gasteiger partial charge in [-0.1, -0.05) is 19.1 Å². The Bertz CT molecular complexity index is 726. The largest absolute Gasteiger partial charge is 0.349 e. The van der Waals surface area contributed by atoms with Crippen LogP contribution in [0.4, 0.5) is 4.39 Å². The summed E-state index contributed by atoms with van der Waals surface area (Å²) < 4.78 is 15.7. The van der Waals surface area contributed by atoms with Crippen molar-refractivity contribution in [2.45, 2.75) is 32.6 Å². The minimum Gasteiger partial charge on any atom is -0.349 e. The smallest absolute Gasteiger partial charge is 0.272 e. The van der Waals surface area contributed by atoms with E-state index in [9.17, 15) is 9.18 Å². The van der Waals surface area contributed by atoms with E-state index in [0.717, 1.165) is 50.0 Å². The molecule has 0 aliphatic heterocycles. The standard InChI is InChI=1S/C18H23FN4O/c1-2-10-20-11-12-21-18(24)17-13-6-5-9-15(13)23(22-17)16-8-4-3-7-14(16)19/h3-4,7-8,20H,2,5-6,9-12H2,1H3,(H,21,24). The summed E-state index contributed by atoms with van der Waals surface area (Å²) in [6.45, 7) is 4.33. The summed E-state index contributed by atoms with van der Waals surface area (Å²) in [5.41, 5.74) is 2.74. The first kappa shape index (κ1) is 16.6. The number of hydrogen-bond acceptors (Lipinski definition) is 3. The highest BCUT2D eigenvalue weighted by Crippen LogP contribution is 2.28. The number of hydrogen-bond donors (Lipinski definition) is 2. The Morgan fingerprint density at radius 1 is 1.25 bits per heavy atom. The first-order valence-corrected chi connectivity index (χ1v) is 8.57. The van der Waals surface area contributed by atoms with Gasteiger partial charge in [-0.15, -0.1) is 0 Å². The van der Waals surface area contributed by atoms with Crippen LogP contribution in [-0.4, -0.2) is 35.3 Å². The van der Waals surface area contributed by atoms with Gasteiger partial charge in [-0.3, -0.25) is 4.79 Å². The average molecular weight is 330 g/mol. The first-order chi connectivity index (χ1) is 11.7. The van der Waals surface area contributed by atoms with Crippen LogP contribution in [0.1, 0.15) is 41.5 Å². The molecule has 2 aromatic rings. The lowest BCUT2D eigenvalue weighted by molar-refractivity contribution is 0.0947. The molecule has 0 fully saturated rings. The number of fused-ring (bicyclic) bond motifs is 1. The van der Waals surface area contributed by atoms with Gasteiger partial charge in [0.1, 0.15) is 11.5 Å². The van der Waals surface area contributed by atoms with Gasteiger partial charge in [0.25, 0.3) is 5.91 Å². The zero-order valence-electron chi connectivity index (χ0n) is 13.9. The van der Waals surface area contributed by atoms with E-state index < -0.39 is 0 Å². The quantitative estimate of drug-likeness (QED) is 0.766. The summed E-state index contributed by atoms with van der Waals surface area (Å²) in [6, 6.07) is 6.54. The molecule has 1 aliphatic rings. The Labute approximate surface area is 141 Å². The molecule has 1 heterocycles. The molecule has 5 nitrogen and oxygen atoms in total. The van der Waals surface area contributed by atoms with Crippen LogP contribution in [0.5, 0.6) is 0 Å². The van der Waals surface area contributed by atoms with E-state index in [1.165, 1.54) is 6.07 Å². The molecule has 0 saturated carbocycles. The number of nitrogens with one attached hydrogen (secondary N) is 2. The average Bonchev–Trinajstić information content (AvgIpc) is 3.17. The van der Waals surface area contributed by atoms with Gasteiger partial charge in [0, 0.05) is 24.3 Å². The molecule has 1 aliphatic carbocycles. The Morgan fingerprint density at radius 3 is 2.88 bits per heavy atom. The van der Waals surface area contributed by atoms with Crippen molar-refractivity contribution in [1.29, 1.82) is 0 Å². The predicted octanol–water partition coefficient (Wildman–Crippen LogP) is 2.23. The zero-order chi connectivity index (χ0) is 16.9. The van der Waals surface area contributed by atoms with Crippen LogP contribution >= 0.6 is 0 Å². The van der Waals surface area contributed by atoms with Gasteiger partial charge in [0.05, 0.1) is 0 Å². The number of nitrogens with zero attached hydrogens (tertiary/aromatic N) is 2. The fourth-order valence-corrected chi connectivity index (χ4v) is 3.09. The molecule has 0 radical (unpaired) electrons. The maximum absolute atomic E-state index is 14.1. The second kappa shape index (κ2) is 7.57. The Morgan fingerprint density at radius 2 is 2.08 bits per heavy atom. The molecule has 0 unspecified atom stereocenters. The van der Waals surface area contributed by atoms with E-state index in [1.54, 1.807) is 22.9 Å². The molecule has 0 spiro atoms. The Hall–Kier alpha value is -2.21. The molecular formula is C18H23FN4O. The third-order valence-corrected chi connectivity index (χ3v) is 4.24. The lowest BCUT2D eigenvalue weighted by Gasteiger charge is -2.06. The van der Waals surface area contributed by atoms with Crippen molar-refractivity contribution in [3.05, 3.63) is 47.0 Å². The fraction of sp³-hybridized carbons (Fsp3) is 0.444. The fourth-order valence-electron chi connectivity index (χ4n) is 3.09. The molecule has 2 N–H and O–H groups in total. The van der Waals surface area contributed by atoms with E-state index in [4.69, 9.17) is 0 Å². The maximum Gasteiger partial charge on any atom is 0.272 e. The van der Waals surface area contributed by atoms with E-state index in [0.29, 0.717) is 17.9 Å². The van der Waals surface area contributed by atoms with Crippen molar-refractivity contribution in [3.63, 3.8) is 0 Å². The minimum absolute atomic E-state index is 0.179. The van der Waals surface area contributed by atoms with Crippen LogP contribution in [0, 0.1) is 5.82 Å². The minimum atomic E-state index is -0.328. The van der Waals surface area contributed by atoms with E-state index >= 15 is 0 Å². The van der Waals surface area contributed by atoms with Crippen molar-refractivity contribution >= 4 is 5.91 Å². The number of amides is 1. The third kappa shape index (κ3) is 3.33. The number of benzene rings is 1. The van der Waals surface area contributed by atoms with Crippen LogP contribution in [0.25, 0.3) is 5.69 Å². The number of carbonyl (C=O) groups is 1.